The second-order valence-electron chi connectivity index (χ2n) is 5.25. The van der Waals surface area contributed by atoms with Crippen LogP contribution in [0, 0.1) is 12.8 Å². The molecule has 2 heterocycles. The lowest BCUT2D eigenvalue weighted by atomic mass is 9.97. The van der Waals surface area contributed by atoms with Crippen LogP contribution in [-0.4, -0.2) is 45.8 Å². The van der Waals surface area contributed by atoms with Crippen molar-refractivity contribution in [1.82, 2.24) is 25.0 Å². The quantitative estimate of drug-likeness (QED) is 0.846. The van der Waals surface area contributed by atoms with Gasteiger partial charge in [0.25, 0.3) is 0 Å². The van der Waals surface area contributed by atoms with Gasteiger partial charge in [-0.3, -0.25) is 4.90 Å². The predicted molar refractivity (Wildman–Crippen MR) is 72.3 cm³/mol. The van der Waals surface area contributed by atoms with E-state index in [4.69, 9.17) is 0 Å². The van der Waals surface area contributed by atoms with Gasteiger partial charge in [-0.25, -0.2) is 0 Å². The summed E-state index contributed by atoms with van der Waals surface area (Å²) >= 11 is 0. The van der Waals surface area contributed by atoms with Crippen LogP contribution in [0.5, 0.6) is 0 Å². The Morgan fingerprint density at radius 1 is 1.28 bits per heavy atom. The highest BCUT2D eigenvalue weighted by Crippen LogP contribution is 2.17. The molecule has 0 saturated carbocycles. The summed E-state index contributed by atoms with van der Waals surface area (Å²) in [5, 5.41) is 11.8. The molecular formula is C13H25N5. The fraction of sp³-hybridized carbons (Fsp3) is 0.846. The van der Waals surface area contributed by atoms with Crippen LogP contribution in [0.2, 0.25) is 0 Å². The molecule has 0 radical (unpaired) electrons. The van der Waals surface area contributed by atoms with E-state index in [9.17, 15) is 0 Å². The van der Waals surface area contributed by atoms with Crippen molar-refractivity contribution >= 4 is 0 Å². The van der Waals surface area contributed by atoms with Crippen molar-refractivity contribution in [1.29, 1.82) is 0 Å². The Morgan fingerprint density at radius 3 is 2.56 bits per heavy atom. The molecule has 102 valence electrons. The van der Waals surface area contributed by atoms with Gasteiger partial charge in [-0.2, -0.15) is 0 Å². The second-order valence-corrected chi connectivity index (χ2v) is 5.25. The zero-order valence-electron chi connectivity index (χ0n) is 11.8. The van der Waals surface area contributed by atoms with Gasteiger partial charge >= 0.3 is 0 Å². The highest BCUT2D eigenvalue weighted by Gasteiger charge is 2.20. The van der Waals surface area contributed by atoms with E-state index in [1.54, 1.807) is 0 Å². The number of hydrogen-bond acceptors (Lipinski definition) is 4. The van der Waals surface area contributed by atoms with E-state index in [1.807, 2.05) is 14.0 Å². The smallest absolute Gasteiger partial charge is 0.146 e. The molecule has 0 spiro atoms. The monoisotopic (exact) mass is 251 g/mol. The average Bonchev–Trinajstić information content (AvgIpc) is 2.70. The standard InChI is InChI=1S/C13H25N5/c1-4-14-9-12-5-7-18(8-6-12)10-13-16-15-11(2)17(13)3/h12,14H,4-10H2,1-3H3. The number of piperidine rings is 1. The Hall–Kier alpha value is -0.940. The molecule has 18 heavy (non-hydrogen) atoms. The first-order valence-corrected chi connectivity index (χ1v) is 6.98. The van der Waals surface area contributed by atoms with Crippen LogP contribution < -0.4 is 5.32 Å². The van der Waals surface area contributed by atoms with Crippen LogP contribution in [-0.2, 0) is 13.6 Å². The summed E-state index contributed by atoms with van der Waals surface area (Å²) in [6, 6.07) is 0. The minimum Gasteiger partial charge on any atom is -0.317 e. The Labute approximate surface area is 110 Å². The van der Waals surface area contributed by atoms with Gasteiger partial charge in [0, 0.05) is 7.05 Å². The molecule has 5 heteroatoms. The average molecular weight is 251 g/mol. The molecule has 0 atom stereocenters. The van der Waals surface area contributed by atoms with Gasteiger partial charge in [0.05, 0.1) is 6.54 Å². The van der Waals surface area contributed by atoms with Crippen molar-refractivity contribution in [2.45, 2.75) is 33.2 Å². The summed E-state index contributed by atoms with van der Waals surface area (Å²) in [6.45, 7) is 9.73. The predicted octanol–water partition coefficient (Wildman–Crippen LogP) is 0.945. The van der Waals surface area contributed by atoms with Crippen LogP contribution in [0.25, 0.3) is 0 Å². The molecule has 0 unspecified atom stereocenters. The van der Waals surface area contributed by atoms with E-state index in [0.29, 0.717) is 0 Å². The number of hydrogen-bond donors (Lipinski definition) is 1. The van der Waals surface area contributed by atoms with Crippen molar-refractivity contribution in [3.8, 4) is 0 Å². The Balaban J connectivity index is 1.78. The number of nitrogens with one attached hydrogen (secondary N) is 1. The molecule has 1 aromatic rings. The first-order valence-electron chi connectivity index (χ1n) is 6.98. The molecule has 1 fully saturated rings. The summed E-state index contributed by atoms with van der Waals surface area (Å²) in [5.41, 5.74) is 0. The number of nitrogens with zero attached hydrogens (tertiary/aromatic N) is 4. The van der Waals surface area contributed by atoms with E-state index >= 15 is 0 Å². The summed E-state index contributed by atoms with van der Waals surface area (Å²) in [5.74, 6) is 2.92. The van der Waals surface area contributed by atoms with Crippen molar-refractivity contribution in [3.63, 3.8) is 0 Å². The van der Waals surface area contributed by atoms with Crippen LogP contribution >= 0.6 is 0 Å². The van der Waals surface area contributed by atoms with Gasteiger partial charge in [0.2, 0.25) is 0 Å². The molecule has 1 aliphatic heterocycles. The Morgan fingerprint density at radius 2 is 2.00 bits per heavy atom. The number of rotatable bonds is 5. The fourth-order valence-corrected chi connectivity index (χ4v) is 2.49. The van der Waals surface area contributed by atoms with Gasteiger partial charge in [-0.1, -0.05) is 6.92 Å². The second kappa shape index (κ2) is 6.29. The molecule has 1 N–H and O–H groups in total. The lowest BCUT2D eigenvalue weighted by molar-refractivity contribution is 0.171. The number of likely N-dealkylation sites (tertiary alicyclic amines) is 1. The number of aryl methyl sites for hydroxylation is 1. The maximum atomic E-state index is 4.24. The summed E-state index contributed by atoms with van der Waals surface area (Å²) in [6.07, 6.45) is 2.59. The van der Waals surface area contributed by atoms with E-state index < -0.39 is 0 Å². The maximum absolute atomic E-state index is 4.24. The minimum absolute atomic E-state index is 0.849. The summed E-state index contributed by atoms with van der Waals surface area (Å²) in [4.78, 5) is 2.49. The largest absolute Gasteiger partial charge is 0.317 e. The van der Waals surface area contributed by atoms with Crippen molar-refractivity contribution in [3.05, 3.63) is 11.6 Å². The van der Waals surface area contributed by atoms with Crippen LogP contribution in [0.15, 0.2) is 0 Å². The van der Waals surface area contributed by atoms with Gasteiger partial charge in [0.1, 0.15) is 11.6 Å². The summed E-state index contributed by atoms with van der Waals surface area (Å²) < 4.78 is 2.09. The molecule has 1 aliphatic rings. The highest BCUT2D eigenvalue weighted by atomic mass is 15.3. The molecule has 1 aromatic heterocycles. The molecule has 5 nitrogen and oxygen atoms in total. The van der Waals surface area contributed by atoms with Gasteiger partial charge in [0.15, 0.2) is 0 Å². The topological polar surface area (TPSA) is 46.0 Å². The van der Waals surface area contributed by atoms with E-state index in [-0.39, 0.29) is 0 Å². The lowest BCUT2D eigenvalue weighted by Crippen LogP contribution is -2.37. The minimum atomic E-state index is 0.849. The first-order chi connectivity index (χ1) is 8.70. The van der Waals surface area contributed by atoms with Gasteiger partial charge < -0.3 is 9.88 Å². The van der Waals surface area contributed by atoms with Crippen molar-refractivity contribution in [2.75, 3.05) is 26.2 Å². The SMILES string of the molecule is CCNCC1CCN(Cc2nnc(C)n2C)CC1. The molecule has 0 amide bonds. The lowest BCUT2D eigenvalue weighted by Gasteiger charge is -2.31. The molecular weight excluding hydrogens is 226 g/mol. The number of aromatic nitrogens is 3. The first kappa shape index (κ1) is 13.5. The normalized spacial score (nSPS) is 18.4. The van der Waals surface area contributed by atoms with E-state index in [2.05, 4.69) is 31.9 Å². The van der Waals surface area contributed by atoms with Crippen LogP contribution in [0.1, 0.15) is 31.4 Å². The third kappa shape index (κ3) is 3.29. The van der Waals surface area contributed by atoms with Gasteiger partial charge in [-0.15, -0.1) is 10.2 Å². The molecule has 1 saturated heterocycles. The van der Waals surface area contributed by atoms with E-state index in [1.165, 1.54) is 32.5 Å². The van der Waals surface area contributed by atoms with Crippen LogP contribution in [0.3, 0.4) is 0 Å². The zero-order chi connectivity index (χ0) is 13.0. The molecule has 0 aromatic carbocycles. The molecule has 0 aliphatic carbocycles. The summed E-state index contributed by atoms with van der Waals surface area (Å²) in [7, 11) is 2.04. The third-order valence-electron chi connectivity index (χ3n) is 3.94. The Kier molecular flexibility index (Phi) is 4.72. The zero-order valence-corrected chi connectivity index (χ0v) is 11.8. The molecule has 0 bridgehead atoms. The molecule has 2 rings (SSSR count). The van der Waals surface area contributed by atoms with Gasteiger partial charge in [-0.05, 0) is 51.9 Å². The van der Waals surface area contributed by atoms with Crippen molar-refractivity contribution < 1.29 is 0 Å². The fourth-order valence-electron chi connectivity index (χ4n) is 2.49. The van der Waals surface area contributed by atoms with E-state index in [0.717, 1.165) is 30.7 Å². The Bertz CT molecular complexity index is 365. The van der Waals surface area contributed by atoms with Crippen molar-refractivity contribution in [2.24, 2.45) is 13.0 Å². The highest BCUT2D eigenvalue weighted by molar-refractivity contribution is 4.93. The van der Waals surface area contributed by atoms with Crippen LogP contribution in [0.4, 0.5) is 0 Å². The third-order valence-corrected chi connectivity index (χ3v) is 3.94. The maximum Gasteiger partial charge on any atom is 0.146 e.